The maximum absolute atomic E-state index is 13.1. The summed E-state index contributed by atoms with van der Waals surface area (Å²) in [6.07, 6.45) is 4.18. The Balaban J connectivity index is 1.32. The minimum Gasteiger partial charge on any atom is -0.343 e. The predicted octanol–water partition coefficient (Wildman–Crippen LogP) is 2.14. The van der Waals surface area contributed by atoms with Gasteiger partial charge in [0.1, 0.15) is 0 Å². The van der Waals surface area contributed by atoms with E-state index < -0.39 is 10.0 Å². The first-order valence-corrected chi connectivity index (χ1v) is 12.5. The van der Waals surface area contributed by atoms with E-state index in [4.69, 9.17) is 0 Å². The number of hydrogen-bond acceptors (Lipinski definition) is 4. The van der Waals surface area contributed by atoms with E-state index in [0.29, 0.717) is 23.5 Å². The molecular weight excluding hydrogens is 426 g/mol. The van der Waals surface area contributed by atoms with E-state index in [0.717, 1.165) is 36.8 Å². The zero-order valence-corrected chi connectivity index (χ0v) is 19.2. The van der Waals surface area contributed by atoms with E-state index in [1.807, 2.05) is 25.1 Å². The van der Waals surface area contributed by atoms with Gasteiger partial charge in [0.15, 0.2) is 0 Å². The monoisotopic (exact) mass is 455 g/mol. The summed E-state index contributed by atoms with van der Waals surface area (Å²) < 4.78 is 27.7. The molecule has 1 aliphatic carbocycles. The van der Waals surface area contributed by atoms with Gasteiger partial charge in [-0.1, -0.05) is 23.8 Å². The zero-order chi connectivity index (χ0) is 22.7. The SMILES string of the molecule is Cc1cccc(C(=O)NCC(=O)N2CCN(S(=O)(=O)c3ccc4c(c3)CCCC4)CC2)c1. The van der Waals surface area contributed by atoms with Crippen LogP contribution in [-0.4, -0.2) is 62.2 Å². The predicted molar refractivity (Wildman–Crippen MR) is 122 cm³/mol. The standard InChI is InChI=1S/C24H29N3O4S/c1-18-5-4-8-21(15-18)24(29)25-17-23(28)26-11-13-27(14-12-26)32(30,31)22-10-9-19-6-2-3-7-20(19)16-22/h4-5,8-10,15-16H,2-3,6-7,11-14,17H2,1H3,(H,25,29). The van der Waals surface area contributed by atoms with Crippen LogP contribution >= 0.6 is 0 Å². The highest BCUT2D eigenvalue weighted by atomic mass is 32.2. The molecule has 2 aromatic rings. The number of aryl methyl sites for hydroxylation is 3. The van der Waals surface area contributed by atoms with Crippen molar-refractivity contribution in [2.75, 3.05) is 32.7 Å². The number of rotatable bonds is 5. The first kappa shape index (κ1) is 22.5. The molecule has 4 rings (SSSR count). The van der Waals surface area contributed by atoms with Crippen molar-refractivity contribution in [3.8, 4) is 0 Å². The Hall–Kier alpha value is -2.71. The van der Waals surface area contributed by atoms with Crippen LogP contribution < -0.4 is 5.32 Å². The molecule has 2 aromatic carbocycles. The van der Waals surface area contributed by atoms with Crippen LogP contribution in [0.3, 0.4) is 0 Å². The largest absolute Gasteiger partial charge is 0.343 e. The molecule has 0 saturated carbocycles. The first-order valence-electron chi connectivity index (χ1n) is 11.1. The summed E-state index contributed by atoms with van der Waals surface area (Å²) >= 11 is 0. The van der Waals surface area contributed by atoms with Crippen LogP contribution in [0.5, 0.6) is 0 Å². The van der Waals surface area contributed by atoms with Gasteiger partial charge in [-0.15, -0.1) is 0 Å². The van der Waals surface area contributed by atoms with Crippen LogP contribution in [0.15, 0.2) is 47.4 Å². The highest BCUT2D eigenvalue weighted by Gasteiger charge is 2.30. The van der Waals surface area contributed by atoms with Gasteiger partial charge in [0.25, 0.3) is 5.91 Å². The summed E-state index contributed by atoms with van der Waals surface area (Å²) in [4.78, 5) is 26.7. The van der Waals surface area contributed by atoms with E-state index in [-0.39, 0.29) is 31.4 Å². The van der Waals surface area contributed by atoms with E-state index in [9.17, 15) is 18.0 Å². The van der Waals surface area contributed by atoms with Gasteiger partial charge in [-0.25, -0.2) is 8.42 Å². The lowest BCUT2D eigenvalue weighted by Gasteiger charge is -2.34. The number of carbonyl (C=O) groups excluding carboxylic acids is 2. The van der Waals surface area contributed by atoms with E-state index >= 15 is 0 Å². The molecule has 0 unspecified atom stereocenters. The molecule has 1 aliphatic heterocycles. The minimum atomic E-state index is -3.58. The molecular formula is C24H29N3O4S. The van der Waals surface area contributed by atoms with Crippen molar-refractivity contribution in [2.45, 2.75) is 37.5 Å². The van der Waals surface area contributed by atoms with E-state index in [2.05, 4.69) is 5.32 Å². The smallest absolute Gasteiger partial charge is 0.251 e. The number of nitrogens with one attached hydrogen (secondary N) is 1. The van der Waals surface area contributed by atoms with Crippen LogP contribution in [0, 0.1) is 6.92 Å². The highest BCUT2D eigenvalue weighted by molar-refractivity contribution is 7.89. The molecule has 1 heterocycles. The Labute approximate surface area is 189 Å². The Morgan fingerprint density at radius 3 is 2.38 bits per heavy atom. The van der Waals surface area contributed by atoms with Crippen molar-refractivity contribution >= 4 is 21.8 Å². The molecule has 2 amide bonds. The number of piperazine rings is 1. The maximum Gasteiger partial charge on any atom is 0.251 e. The van der Waals surface area contributed by atoms with Gasteiger partial charge in [0.05, 0.1) is 11.4 Å². The third kappa shape index (κ3) is 4.86. The van der Waals surface area contributed by atoms with Crippen LogP contribution in [0.2, 0.25) is 0 Å². The third-order valence-electron chi connectivity index (χ3n) is 6.23. The number of carbonyl (C=O) groups is 2. The van der Waals surface area contributed by atoms with Gasteiger partial charge < -0.3 is 10.2 Å². The molecule has 32 heavy (non-hydrogen) atoms. The molecule has 0 radical (unpaired) electrons. The number of benzene rings is 2. The van der Waals surface area contributed by atoms with Gasteiger partial charge >= 0.3 is 0 Å². The van der Waals surface area contributed by atoms with Gasteiger partial charge in [0.2, 0.25) is 15.9 Å². The second kappa shape index (κ2) is 9.42. The van der Waals surface area contributed by atoms with Gasteiger partial charge in [-0.05, 0) is 68.0 Å². The molecule has 0 spiro atoms. The Bertz CT molecular complexity index is 1120. The average Bonchev–Trinajstić information content (AvgIpc) is 2.82. The molecule has 0 atom stereocenters. The van der Waals surface area contributed by atoms with E-state index in [1.165, 1.54) is 9.87 Å². The lowest BCUT2D eigenvalue weighted by atomic mass is 9.92. The van der Waals surface area contributed by atoms with Crippen molar-refractivity contribution < 1.29 is 18.0 Å². The number of hydrogen-bond donors (Lipinski definition) is 1. The first-order chi connectivity index (χ1) is 15.3. The highest BCUT2D eigenvalue weighted by Crippen LogP contribution is 2.26. The maximum atomic E-state index is 13.1. The summed E-state index contributed by atoms with van der Waals surface area (Å²) in [6, 6.07) is 12.6. The Kier molecular flexibility index (Phi) is 6.62. The van der Waals surface area contributed by atoms with Gasteiger partial charge in [0, 0.05) is 31.7 Å². The lowest BCUT2D eigenvalue weighted by Crippen LogP contribution is -2.52. The second-order valence-corrected chi connectivity index (χ2v) is 10.4. The molecule has 1 saturated heterocycles. The van der Waals surface area contributed by atoms with Gasteiger partial charge in [-0.2, -0.15) is 4.31 Å². The van der Waals surface area contributed by atoms with Crippen molar-refractivity contribution in [1.29, 1.82) is 0 Å². The summed E-state index contributed by atoms with van der Waals surface area (Å²) in [6.45, 7) is 2.91. The Morgan fingerprint density at radius 1 is 0.938 bits per heavy atom. The zero-order valence-electron chi connectivity index (χ0n) is 18.3. The van der Waals surface area contributed by atoms with Crippen molar-refractivity contribution in [3.05, 3.63) is 64.7 Å². The molecule has 8 heteroatoms. The van der Waals surface area contributed by atoms with Crippen molar-refractivity contribution in [1.82, 2.24) is 14.5 Å². The fourth-order valence-corrected chi connectivity index (χ4v) is 5.83. The number of sulfonamides is 1. The molecule has 1 fully saturated rings. The van der Waals surface area contributed by atoms with E-state index in [1.54, 1.807) is 29.2 Å². The number of nitrogens with zero attached hydrogens (tertiary/aromatic N) is 2. The molecule has 170 valence electrons. The van der Waals surface area contributed by atoms with Crippen LogP contribution in [0.4, 0.5) is 0 Å². The molecule has 0 aromatic heterocycles. The second-order valence-electron chi connectivity index (χ2n) is 8.47. The normalized spacial score (nSPS) is 17.0. The lowest BCUT2D eigenvalue weighted by molar-refractivity contribution is -0.131. The Morgan fingerprint density at radius 2 is 1.66 bits per heavy atom. The van der Waals surface area contributed by atoms with Gasteiger partial charge in [-0.3, -0.25) is 9.59 Å². The number of amides is 2. The fourth-order valence-electron chi connectivity index (χ4n) is 4.35. The molecule has 7 nitrogen and oxygen atoms in total. The van der Waals surface area contributed by atoms with Crippen LogP contribution in [-0.2, 0) is 27.7 Å². The number of fused-ring (bicyclic) bond motifs is 1. The fraction of sp³-hybridized carbons (Fsp3) is 0.417. The summed E-state index contributed by atoms with van der Waals surface area (Å²) in [5, 5.41) is 2.66. The van der Waals surface area contributed by atoms with Crippen LogP contribution in [0.25, 0.3) is 0 Å². The topological polar surface area (TPSA) is 86.8 Å². The van der Waals surface area contributed by atoms with Crippen molar-refractivity contribution in [3.63, 3.8) is 0 Å². The average molecular weight is 456 g/mol. The molecule has 0 bridgehead atoms. The summed E-state index contributed by atoms with van der Waals surface area (Å²) in [7, 11) is -3.58. The molecule has 2 aliphatic rings. The minimum absolute atomic E-state index is 0.107. The van der Waals surface area contributed by atoms with Crippen molar-refractivity contribution in [2.24, 2.45) is 0 Å². The van der Waals surface area contributed by atoms with Crippen LogP contribution in [0.1, 0.15) is 39.9 Å². The quantitative estimate of drug-likeness (QED) is 0.748. The molecule has 1 N–H and O–H groups in total. The summed E-state index contributed by atoms with van der Waals surface area (Å²) in [5.41, 5.74) is 3.87. The third-order valence-corrected chi connectivity index (χ3v) is 8.12. The summed E-state index contributed by atoms with van der Waals surface area (Å²) in [5.74, 6) is -0.507.